The molecule has 1 aliphatic rings. The third-order valence-electron chi connectivity index (χ3n) is 4.38. The van der Waals surface area contributed by atoms with Crippen LogP contribution < -0.4 is 5.73 Å². The van der Waals surface area contributed by atoms with Crippen LogP contribution in [0, 0.1) is 5.92 Å². The zero-order valence-corrected chi connectivity index (χ0v) is 13.0. The molecular weight excluding hydrogens is 264 g/mol. The van der Waals surface area contributed by atoms with E-state index >= 15 is 0 Å². The summed E-state index contributed by atoms with van der Waals surface area (Å²) in [7, 11) is 1.40. The van der Waals surface area contributed by atoms with Crippen molar-refractivity contribution >= 4 is 5.97 Å². The lowest BCUT2D eigenvalue weighted by Gasteiger charge is -2.31. The van der Waals surface area contributed by atoms with E-state index in [1.165, 1.54) is 26.4 Å². The van der Waals surface area contributed by atoms with E-state index in [-0.39, 0.29) is 5.97 Å². The van der Waals surface area contributed by atoms with Crippen LogP contribution in [0.2, 0.25) is 0 Å². The summed E-state index contributed by atoms with van der Waals surface area (Å²) in [6, 6.07) is 9.54. The van der Waals surface area contributed by atoms with E-state index in [9.17, 15) is 4.79 Å². The van der Waals surface area contributed by atoms with Gasteiger partial charge in [0, 0.05) is 13.1 Å². The summed E-state index contributed by atoms with van der Waals surface area (Å²) >= 11 is 0. The summed E-state index contributed by atoms with van der Waals surface area (Å²) in [6.45, 7) is 4.77. The summed E-state index contributed by atoms with van der Waals surface area (Å²) in [5.74, 6) is 0.361. The number of nitrogens with zero attached hydrogens (tertiary/aromatic N) is 1. The highest BCUT2D eigenvalue weighted by molar-refractivity contribution is 5.82. The van der Waals surface area contributed by atoms with Crippen molar-refractivity contribution in [1.29, 1.82) is 0 Å². The first-order valence-corrected chi connectivity index (χ1v) is 7.75. The summed E-state index contributed by atoms with van der Waals surface area (Å²) in [5.41, 5.74) is 6.19. The first kappa shape index (κ1) is 16.0. The molecule has 1 heterocycles. The number of ether oxygens (including phenoxy) is 1. The zero-order valence-electron chi connectivity index (χ0n) is 13.0. The highest BCUT2D eigenvalue weighted by Crippen LogP contribution is 2.26. The first-order chi connectivity index (χ1) is 10.1. The van der Waals surface area contributed by atoms with Crippen molar-refractivity contribution in [1.82, 2.24) is 4.90 Å². The van der Waals surface area contributed by atoms with Crippen LogP contribution in [0.5, 0.6) is 0 Å². The Morgan fingerprint density at radius 1 is 1.43 bits per heavy atom. The van der Waals surface area contributed by atoms with Crippen molar-refractivity contribution in [3.8, 4) is 0 Å². The van der Waals surface area contributed by atoms with Gasteiger partial charge in [0.15, 0.2) is 5.54 Å². The van der Waals surface area contributed by atoms with Gasteiger partial charge >= 0.3 is 5.97 Å². The van der Waals surface area contributed by atoms with Crippen molar-refractivity contribution in [2.45, 2.75) is 31.7 Å². The van der Waals surface area contributed by atoms with Crippen molar-refractivity contribution in [3.63, 3.8) is 0 Å². The number of hydrogen-bond acceptors (Lipinski definition) is 4. The first-order valence-electron chi connectivity index (χ1n) is 7.75. The second-order valence-corrected chi connectivity index (χ2v) is 6.01. The van der Waals surface area contributed by atoms with E-state index in [0.717, 1.165) is 24.6 Å². The smallest absolute Gasteiger partial charge is 0.331 e. The van der Waals surface area contributed by atoms with Crippen LogP contribution in [0.3, 0.4) is 0 Å². The molecule has 0 saturated carbocycles. The number of nitrogens with two attached hydrogens (primary N) is 1. The van der Waals surface area contributed by atoms with E-state index < -0.39 is 5.54 Å². The van der Waals surface area contributed by atoms with Gasteiger partial charge in [0.1, 0.15) is 0 Å². The highest BCUT2D eigenvalue weighted by atomic mass is 16.5. The van der Waals surface area contributed by atoms with Gasteiger partial charge in [-0.2, -0.15) is 0 Å². The lowest BCUT2D eigenvalue weighted by atomic mass is 9.90. The van der Waals surface area contributed by atoms with E-state index in [4.69, 9.17) is 10.5 Å². The number of rotatable bonds is 6. The Labute approximate surface area is 127 Å². The van der Waals surface area contributed by atoms with Gasteiger partial charge in [-0.25, -0.2) is 4.79 Å². The normalized spacial score (nSPS) is 22.0. The van der Waals surface area contributed by atoms with Crippen molar-refractivity contribution < 1.29 is 9.53 Å². The Kier molecular flexibility index (Phi) is 5.37. The van der Waals surface area contributed by atoms with Crippen LogP contribution in [0.4, 0.5) is 0 Å². The second-order valence-electron chi connectivity index (χ2n) is 6.01. The van der Waals surface area contributed by atoms with Gasteiger partial charge in [0.05, 0.1) is 7.11 Å². The fraction of sp³-hybridized carbons (Fsp3) is 0.588. The van der Waals surface area contributed by atoms with E-state index in [2.05, 4.69) is 11.8 Å². The Balaban J connectivity index is 2.13. The largest absolute Gasteiger partial charge is 0.467 e. The predicted molar refractivity (Wildman–Crippen MR) is 83.8 cm³/mol. The third-order valence-corrected chi connectivity index (χ3v) is 4.38. The number of methoxy groups -OCH3 is 1. The van der Waals surface area contributed by atoms with Crippen molar-refractivity contribution in [2.24, 2.45) is 11.7 Å². The molecular formula is C17H26N2O2. The predicted octanol–water partition coefficient (Wildman–Crippen LogP) is 2.14. The molecule has 2 rings (SSSR count). The molecule has 0 spiro atoms. The Hall–Kier alpha value is -1.39. The molecule has 1 aliphatic heterocycles. The zero-order chi connectivity index (χ0) is 15.3. The van der Waals surface area contributed by atoms with Crippen molar-refractivity contribution in [3.05, 3.63) is 35.9 Å². The molecule has 2 N–H and O–H groups in total. The molecule has 1 aromatic carbocycles. The second kappa shape index (κ2) is 7.05. The van der Waals surface area contributed by atoms with Crippen LogP contribution >= 0.6 is 0 Å². The lowest BCUT2D eigenvalue weighted by Crippen LogP contribution is -2.53. The standard InChI is InChI=1S/C17H26N2O2/c1-3-7-14-10-11-19(12-14)13-17(18,16(20)21-2)15-8-5-4-6-9-15/h4-6,8-9,14H,3,7,10-13,18H2,1-2H3. The van der Waals surface area contributed by atoms with Gasteiger partial charge in [0.2, 0.25) is 0 Å². The molecule has 1 aromatic rings. The fourth-order valence-electron chi connectivity index (χ4n) is 3.24. The molecule has 0 aromatic heterocycles. The topological polar surface area (TPSA) is 55.6 Å². The maximum absolute atomic E-state index is 12.3. The molecule has 116 valence electrons. The third kappa shape index (κ3) is 3.63. The number of benzene rings is 1. The van der Waals surface area contributed by atoms with Crippen LogP contribution in [0.1, 0.15) is 31.7 Å². The molecule has 2 atom stereocenters. The van der Waals surface area contributed by atoms with Gasteiger partial charge in [0.25, 0.3) is 0 Å². The molecule has 21 heavy (non-hydrogen) atoms. The van der Waals surface area contributed by atoms with Gasteiger partial charge in [-0.1, -0.05) is 43.7 Å². The minimum Gasteiger partial charge on any atom is -0.467 e. The molecule has 0 bridgehead atoms. The molecule has 4 nitrogen and oxygen atoms in total. The van der Waals surface area contributed by atoms with Gasteiger partial charge in [-0.15, -0.1) is 0 Å². The fourth-order valence-corrected chi connectivity index (χ4v) is 3.24. The van der Waals surface area contributed by atoms with Crippen molar-refractivity contribution in [2.75, 3.05) is 26.7 Å². The number of esters is 1. The van der Waals surface area contributed by atoms with E-state index in [1.807, 2.05) is 30.3 Å². The summed E-state index contributed by atoms with van der Waals surface area (Å²) in [4.78, 5) is 14.6. The summed E-state index contributed by atoms with van der Waals surface area (Å²) < 4.78 is 4.96. The van der Waals surface area contributed by atoms with E-state index in [1.54, 1.807) is 0 Å². The van der Waals surface area contributed by atoms with Crippen LogP contribution in [0.25, 0.3) is 0 Å². The van der Waals surface area contributed by atoms with Gasteiger partial charge in [-0.3, -0.25) is 0 Å². The van der Waals surface area contributed by atoms with Gasteiger partial charge in [-0.05, 0) is 30.9 Å². The maximum Gasteiger partial charge on any atom is 0.331 e. The Bertz CT molecular complexity index is 463. The lowest BCUT2D eigenvalue weighted by molar-refractivity contribution is -0.148. The number of carbonyl (C=O) groups is 1. The summed E-state index contributed by atoms with van der Waals surface area (Å²) in [6.07, 6.45) is 3.65. The number of hydrogen-bond donors (Lipinski definition) is 1. The molecule has 0 radical (unpaired) electrons. The van der Waals surface area contributed by atoms with Crippen LogP contribution in [0.15, 0.2) is 30.3 Å². The highest BCUT2D eigenvalue weighted by Gasteiger charge is 2.40. The Morgan fingerprint density at radius 2 is 2.14 bits per heavy atom. The molecule has 1 saturated heterocycles. The number of carbonyl (C=O) groups excluding carboxylic acids is 1. The van der Waals surface area contributed by atoms with Crippen LogP contribution in [-0.2, 0) is 15.1 Å². The molecule has 4 heteroatoms. The Morgan fingerprint density at radius 3 is 2.76 bits per heavy atom. The monoisotopic (exact) mass is 290 g/mol. The number of likely N-dealkylation sites (tertiary alicyclic amines) is 1. The van der Waals surface area contributed by atoms with Gasteiger partial charge < -0.3 is 15.4 Å². The molecule has 2 unspecified atom stereocenters. The quantitative estimate of drug-likeness (QED) is 0.816. The molecule has 0 amide bonds. The molecule has 1 fully saturated rings. The maximum atomic E-state index is 12.3. The average Bonchev–Trinajstić information content (AvgIpc) is 2.94. The van der Waals surface area contributed by atoms with E-state index in [0.29, 0.717) is 6.54 Å². The average molecular weight is 290 g/mol. The summed E-state index contributed by atoms with van der Waals surface area (Å²) in [5, 5.41) is 0. The minimum absolute atomic E-state index is 0.368. The molecule has 0 aliphatic carbocycles. The SMILES string of the molecule is CCCC1CCN(CC(N)(C(=O)OC)c2ccccc2)C1. The minimum atomic E-state index is -1.09. The van der Waals surface area contributed by atoms with Crippen LogP contribution in [-0.4, -0.2) is 37.6 Å².